The molecule has 0 aliphatic heterocycles. The van der Waals surface area contributed by atoms with E-state index in [2.05, 4.69) is 4.18 Å². The van der Waals surface area contributed by atoms with Crippen molar-refractivity contribution in [2.75, 3.05) is 7.11 Å². The molecular formula is C9H10O5S. The summed E-state index contributed by atoms with van der Waals surface area (Å²) in [6, 6.07) is 3.82. The van der Waals surface area contributed by atoms with Gasteiger partial charge in [0, 0.05) is 10.4 Å². The molecular weight excluding hydrogens is 220 g/mol. The van der Waals surface area contributed by atoms with Crippen LogP contribution in [0, 0.1) is 0 Å². The van der Waals surface area contributed by atoms with Crippen molar-refractivity contribution in [3.8, 4) is 0 Å². The topological polar surface area (TPSA) is 83.8 Å². The van der Waals surface area contributed by atoms with Gasteiger partial charge in [0.1, 0.15) is 0 Å². The molecule has 0 saturated carbocycles. The van der Waals surface area contributed by atoms with Crippen LogP contribution < -0.4 is 10.4 Å². The van der Waals surface area contributed by atoms with Gasteiger partial charge in [-0.05, 0) is 18.2 Å². The third kappa shape index (κ3) is 2.28. The molecule has 2 N–H and O–H groups in total. The van der Waals surface area contributed by atoms with E-state index in [9.17, 15) is 8.42 Å². The van der Waals surface area contributed by atoms with E-state index in [1.165, 1.54) is 18.2 Å². The fourth-order valence-electron chi connectivity index (χ4n) is 1.03. The normalized spacial score (nSPS) is 14.5. The second kappa shape index (κ2) is 4.33. The minimum absolute atomic E-state index is 0.0871. The second-order valence-electron chi connectivity index (χ2n) is 2.67. The van der Waals surface area contributed by atoms with Gasteiger partial charge in [0.15, 0.2) is 0 Å². The molecule has 0 aromatic heterocycles. The van der Waals surface area contributed by atoms with Crippen LogP contribution in [0.5, 0.6) is 0 Å². The van der Waals surface area contributed by atoms with Gasteiger partial charge >= 0.3 is 0 Å². The summed E-state index contributed by atoms with van der Waals surface area (Å²) in [5.74, 6) is 0. The Morgan fingerprint density at radius 1 is 1.20 bits per heavy atom. The fraction of sp³-hybridized carbons (Fsp3) is 0.111. The zero-order chi connectivity index (χ0) is 11.5. The molecule has 0 unspecified atom stereocenters. The molecule has 0 bridgehead atoms. The maximum Gasteiger partial charge on any atom is 0.296 e. The molecule has 82 valence electrons. The number of aliphatic hydroxyl groups excluding tert-OH is 2. The van der Waals surface area contributed by atoms with Crippen molar-refractivity contribution in [1.29, 1.82) is 0 Å². The average Bonchev–Trinajstić information content (AvgIpc) is 2.28. The molecule has 0 aliphatic rings. The van der Waals surface area contributed by atoms with E-state index in [-0.39, 0.29) is 10.1 Å². The van der Waals surface area contributed by atoms with E-state index in [4.69, 9.17) is 10.2 Å². The van der Waals surface area contributed by atoms with Gasteiger partial charge in [-0.25, -0.2) is 0 Å². The Labute approximate surface area is 86.7 Å². The van der Waals surface area contributed by atoms with Crippen LogP contribution in [0.15, 0.2) is 23.1 Å². The first-order chi connectivity index (χ1) is 7.05. The number of benzene rings is 1. The van der Waals surface area contributed by atoms with Crippen molar-refractivity contribution in [3.63, 3.8) is 0 Å². The monoisotopic (exact) mass is 230 g/mol. The first-order valence-electron chi connectivity index (χ1n) is 3.94. The Hall–Kier alpha value is -1.53. The third-order valence-corrected chi connectivity index (χ3v) is 3.11. The summed E-state index contributed by atoms with van der Waals surface area (Å²) >= 11 is 0. The van der Waals surface area contributed by atoms with E-state index in [0.29, 0.717) is 11.5 Å². The van der Waals surface area contributed by atoms with Gasteiger partial charge < -0.3 is 10.2 Å². The highest BCUT2D eigenvalue weighted by molar-refractivity contribution is 7.86. The van der Waals surface area contributed by atoms with E-state index >= 15 is 0 Å². The van der Waals surface area contributed by atoms with E-state index < -0.39 is 10.1 Å². The van der Waals surface area contributed by atoms with Crippen LogP contribution in [0.2, 0.25) is 0 Å². The highest BCUT2D eigenvalue weighted by atomic mass is 32.2. The Balaban J connectivity index is 3.55. The quantitative estimate of drug-likeness (QED) is 0.676. The van der Waals surface area contributed by atoms with Crippen molar-refractivity contribution in [3.05, 3.63) is 28.6 Å². The molecule has 0 amide bonds. The van der Waals surface area contributed by atoms with Crippen LogP contribution in [0.4, 0.5) is 0 Å². The lowest BCUT2D eigenvalue weighted by Crippen LogP contribution is -2.25. The molecule has 5 nitrogen and oxygen atoms in total. The summed E-state index contributed by atoms with van der Waals surface area (Å²) in [6.07, 6.45) is 1.47. The highest BCUT2D eigenvalue weighted by Gasteiger charge is 2.12. The van der Waals surface area contributed by atoms with Crippen LogP contribution in [0.25, 0.3) is 12.5 Å². The van der Waals surface area contributed by atoms with Gasteiger partial charge in [0.2, 0.25) is 0 Å². The summed E-state index contributed by atoms with van der Waals surface area (Å²) < 4.78 is 26.9. The first kappa shape index (κ1) is 11.5. The molecule has 0 radical (unpaired) electrons. The summed E-state index contributed by atoms with van der Waals surface area (Å²) in [5, 5.41) is 18.1. The Kier molecular flexibility index (Phi) is 3.33. The summed E-state index contributed by atoms with van der Waals surface area (Å²) in [7, 11) is -2.74. The maximum absolute atomic E-state index is 11.3. The van der Waals surface area contributed by atoms with Crippen molar-refractivity contribution < 1.29 is 22.8 Å². The van der Waals surface area contributed by atoms with E-state index in [1.807, 2.05) is 0 Å². The molecule has 1 aromatic rings. The summed E-state index contributed by atoms with van der Waals surface area (Å²) in [6.45, 7) is 0. The van der Waals surface area contributed by atoms with Crippen molar-refractivity contribution in [2.24, 2.45) is 0 Å². The lowest BCUT2D eigenvalue weighted by Gasteiger charge is -2.00. The molecule has 1 aromatic carbocycles. The number of hydrogen-bond acceptors (Lipinski definition) is 5. The van der Waals surface area contributed by atoms with Crippen molar-refractivity contribution >= 4 is 22.6 Å². The molecule has 0 heterocycles. The Morgan fingerprint density at radius 2 is 1.80 bits per heavy atom. The van der Waals surface area contributed by atoms with Gasteiger partial charge in [-0.1, -0.05) is 0 Å². The molecule has 0 fully saturated rings. The van der Waals surface area contributed by atoms with E-state index in [0.717, 1.165) is 13.4 Å². The fourth-order valence-corrected chi connectivity index (χ4v) is 1.73. The SMILES string of the molecule is COS(=O)(=O)c1ccc(=CO)c(=CO)c1. The molecule has 0 atom stereocenters. The maximum atomic E-state index is 11.3. The highest BCUT2D eigenvalue weighted by Crippen LogP contribution is 2.06. The molecule has 0 aliphatic carbocycles. The first-order valence-corrected chi connectivity index (χ1v) is 5.35. The zero-order valence-corrected chi connectivity index (χ0v) is 8.73. The second-order valence-corrected chi connectivity index (χ2v) is 4.38. The predicted octanol–water partition coefficient (Wildman–Crippen LogP) is -0.386. The average molecular weight is 230 g/mol. The standard InChI is InChI=1S/C9H10O5S/c1-14-15(12,13)9-3-2-7(5-10)8(4-9)6-11/h2-6,10-11H,1H3. The Morgan fingerprint density at radius 3 is 2.27 bits per heavy atom. The van der Waals surface area contributed by atoms with Gasteiger partial charge in [-0.3, -0.25) is 4.18 Å². The van der Waals surface area contributed by atoms with Crippen LogP contribution >= 0.6 is 0 Å². The number of aliphatic hydroxyl groups is 2. The molecule has 6 heteroatoms. The van der Waals surface area contributed by atoms with Gasteiger partial charge in [0.05, 0.1) is 24.5 Å². The molecule has 0 spiro atoms. The van der Waals surface area contributed by atoms with E-state index in [1.54, 1.807) is 0 Å². The molecule has 15 heavy (non-hydrogen) atoms. The van der Waals surface area contributed by atoms with Crippen LogP contribution in [0.1, 0.15) is 0 Å². The molecule has 0 saturated heterocycles. The van der Waals surface area contributed by atoms with Crippen LogP contribution in [-0.4, -0.2) is 25.7 Å². The lowest BCUT2D eigenvalue weighted by atomic mass is 10.2. The van der Waals surface area contributed by atoms with Gasteiger partial charge in [0.25, 0.3) is 10.1 Å². The minimum Gasteiger partial charge on any atom is -0.515 e. The molecule has 1 rings (SSSR count). The van der Waals surface area contributed by atoms with Crippen molar-refractivity contribution in [2.45, 2.75) is 4.90 Å². The van der Waals surface area contributed by atoms with Crippen LogP contribution in [0.3, 0.4) is 0 Å². The number of rotatable bonds is 2. The number of hydrogen-bond donors (Lipinski definition) is 2. The smallest absolute Gasteiger partial charge is 0.296 e. The third-order valence-electron chi connectivity index (χ3n) is 1.84. The van der Waals surface area contributed by atoms with Gasteiger partial charge in [-0.15, -0.1) is 0 Å². The minimum atomic E-state index is -3.78. The lowest BCUT2D eigenvalue weighted by molar-refractivity contribution is 0.397. The Bertz CT molecular complexity index is 559. The summed E-state index contributed by atoms with van der Waals surface area (Å²) in [4.78, 5) is -0.0871. The van der Waals surface area contributed by atoms with Crippen molar-refractivity contribution in [1.82, 2.24) is 0 Å². The largest absolute Gasteiger partial charge is 0.515 e. The van der Waals surface area contributed by atoms with Crippen LogP contribution in [-0.2, 0) is 14.3 Å². The van der Waals surface area contributed by atoms with Gasteiger partial charge in [-0.2, -0.15) is 8.42 Å². The zero-order valence-electron chi connectivity index (χ0n) is 7.91. The summed E-state index contributed by atoms with van der Waals surface area (Å²) in [5.41, 5.74) is 0. The predicted molar refractivity (Wildman–Crippen MR) is 54.1 cm³/mol.